The summed E-state index contributed by atoms with van der Waals surface area (Å²) < 4.78 is 1.02. The van der Waals surface area contributed by atoms with Crippen LogP contribution in [0.2, 0.25) is 0 Å². The fraction of sp³-hybridized carbons (Fsp3) is 0.538. The van der Waals surface area contributed by atoms with Gasteiger partial charge in [0.25, 0.3) is 0 Å². The third-order valence-electron chi connectivity index (χ3n) is 3.51. The van der Waals surface area contributed by atoms with Crippen molar-refractivity contribution in [1.29, 1.82) is 0 Å². The standard InChI is InChI=1S/C13H18BrN.S4/c1-12(2)7-13(3,4)9-6-11(15)10(14)5-8(9)12;1-3-4-2/h5-6H,7,15H2,1-4H3;. The lowest BCUT2D eigenvalue weighted by Gasteiger charge is -2.22. The highest BCUT2D eigenvalue weighted by molar-refractivity contribution is 9.10. The molecule has 0 heterocycles. The van der Waals surface area contributed by atoms with Crippen LogP contribution < -0.4 is 5.73 Å². The van der Waals surface area contributed by atoms with Crippen molar-refractivity contribution in [1.82, 2.24) is 0 Å². The van der Waals surface area contributed by atoms with Gasteiger partial charge in [0, 0.05) is 50.3 Å². The fourth-order valence-electron chi connectivity index (χ4n) is 3.01. The van der Waals surface area contributed by atoms with Gasteiger partial charge in [-0.3, -0.25) is 0 Å². The van der Waals surface area contributed by atoms with Gasteiger partial charge in [0.05, 0.1) is 0 Å². The van der Waals surface area contributed by atoms with E-state index >= 15 is 0 Å². The van der Waals surface area contributed by atoms with Crippen molar-refractivity contribution in [2.24, 2.45) is 0 Å². The zero-order valence-corrected chi connectivity index (χ0v) is 16.3. The SMILES string of the molecule is CC1(C)CC(C)(C)c2cc(Br)c(N)cc21.S=S=S=S. The van der Waals surface area contributed by atoms with E-state index in [1.807, 2.05) is 0 Å². The molecule has 0 radical (unpaired) electrons. The predicted molar refractivity (Wildman–Crippen MR) is 98.7 cm³/mol. The molecule has 1 aliphatic rings. The second-order valence-corrected chi connectivity index (χ2v) is 10.4. The summed E-state index contributed by atoms with van der Waals surface area (Å²) in [5, 5.41) is 0. The third-order valence-corrected chi connectivity index (χ3v) is 6.42. The first-order valence-electron chi connectivity index (χ1n) is 5.84. The smallest absolute Gasteiger partial charge is 0.0461 e. The van der Waals surface area contributed by atoms with Gasteiger partial charge in [-0.2, -0.15) is 0 Å². The molecule has 1 aromatic rings. The minimum Gasteiger partial charge on any atom is -0.398 e. The summed E-state index contributed by atoms with van der Waals surface area (Å²) in [4.78, 5) is 0. The Morgan fingerprint density at radius 2 is 1.47 bits per heavy atom. The van der Waals surface area contributed by atoms with Crippen LogP contribution in [0.5, 0.6) is 0 Å². The molecule has 6 heteroatoms. The van der Waals surface area contributed by atoms with Crippen molar-refractivity contribution in [3.63, 3.8) is 0 Å². The van der Waals surface area contributed by atoms with Gasteiger partial charge < -0.3 is 5.73 Å². The second kappa shape index (κ2) is 6.43. The van der Waals surface area contributed by atoms with Crippen molar-refractivity contribution in [2.75, 3.05) is 5.73 Å². The van der Waals surface area contributed by atoms with Gasteiger partial charge in [0.15, 0.2) is 0 Å². The molecule has 0 atom stereocenters. The normalized spacial score (nSPS) is 17.9. The number of halogens is 1. The number of anilines is 1. The molecule has 106 valence electrons. The Bertz CT molecular complexity index is 521. The average Bonchev–Trinajstić information content (AvgIpc) is 2.47. The Morgan fingerprint density at radius 3 is 1.89 bits per heavy atom. The summed E-state index contributed by atoms with van der Waals surface area (Å²) in [6, 6.07) is 4.33. The Morgan fingerprint density at radius 1 is 1.05 bits per heavy atom. The van der Waals surface area contributed by atoms with Crippen LogP contribution >= 0.6 is 15.9 Å². The largest absolute Gasteiger partial charge is 0.398 e. The van der Waals surface area contributed by atoms with Crippen molar-refractivity contribution in [3.8, 4) is 0 Å². The molecule has 0 aromatic heterocycles. The van der Waals surface area contributed by atoms with E-state index in [4.69, 9.17) is 5.73 Å². The number of benzene rings is 1. The maximum atomic E-state index is 5.96. The molecule has 0 spiro atoms. The summed E-state index contributed by atoms with van der Waals surface area (Å²) in [5.41, 5.74) is 10.2. The lowest BCUT2D eigenvalue weighted by atomic mass is 9.82. The van der Waals surface area contributed by atoms with Crippen LogP contribution in [0.3, 0.4) is 0 Å². The van der Waals surface area contributed by atoms with Gasteiger partial charge in [-0.05, 0) is 56.4 Å². The third kappa shape index (κ3) is 3.94. The van der Waals surface area contributed by atoms with E-state index in [0.717, 1.165) is 10.2 Å². The highest BCUT2D eigenvalue weighted by Crippen LogP contribution is 2.50. The highest BCUT2D eigenvalue weighted by Gasteiger charge is 2.42. The number of nitrogens with two attached hydrogens (primary N) is 1. The lowest BCUT2D eigenvalue weighted by molar-refractivity contribution is 0.403. The molecule has 2 rings (SSSR count). The van der Waals surface area contributed by atoms with Crippen LogP contribution in [-0.2, 0) is 51.0 Å². The minimum absolute atomic E-state index is 0.244. The average molecular weight is 396 g/mol. The van der Waals surface area contributed by atoms with Gasteiger partial charge in [0.1, 0.15) is 0 Å². The predicted octanol–water partition coefficient (Wildman–Crippen LogP) is 3.98. The van der Waals surface area contributed by atoms with Gasteiger partial charge in [-0.25, -0.2) is 0 Å². The second-order valence-electron chi connectivity index (χ2n) is 6.00. The molecule has 0 unspecified atom stereocenters. The van der Waals surface area contributed by atoms with Crippen molar-refractivity contribution in [3.05, 3.63) is 27.7 Å². The van der Waals surface area contributed by atoms with Crippen molar-refractivity contribution < 1.29 is 0 Å². The van der Waals surface area contributed by atoms with E-state index in [1.165, 1.54) is 35.3 Å². The maximum Gasteiger partial charge on any atom is 0.0461 e. The molecule has 0 bridgehead atoms. The number of rotatable bonds is 0. The number of hydrogen-bond acceptors (Lipinski definition) is 3. The van der Waals surface area contributed by atoms with Crippen molar-refractivity contribution in [2.45, 2.75) is 44.9 Å². The maximum absolute atomic E-state index is 5.96. The van der Waals surface area contributed by atoms with E-state index in [0.29, 0.717) is 0 Å². The molecule has 2 N–H and O–H groups in total. The van der Waals surface area contributed by atoms with E-state index in [-0.39, 0.29) is 10.8 Å². The van der Waals surface area contributed by atoms with E-state index in [2.05, 4.69) is 78.1 Å². The molecule has 0 aliphatic heterocycles. The molecule has 1 aliphatic carbocycles. The summed E-state index contributed by atoms with van der Waals surface area (Å²) in [7, 11) is 2.34. The molecule has 0 fully saturated rings. The van der Waals surface area contributed by atoms with Crippen LogP contribution in [0, 0.1) is 0 Å². The number of nitrogen functional groups attached to an aromatic ring is 1. The fourth-order valence-corrected chi connectivity index (χ4v) is 3.35. The van der Waals surface area contributed by atoms with Crippen LogP contribution in [0.15, 0.2) is 16.6 Å². The number of fused-ring (bicyclic) bond motifs is 1. The quantitative estimate of drug-likeness (QED) is 0.672. The zero-order valence-electron chi connectivity index (χ0n) is 11.5. The summed E-state index contributed by atoms with van der Waals surface area (Å²) >= 11 is 12.2. The minimum atomic E-state index is 0.244. The molecule has 0 saturated carbocycles. The zero-order chi connectivity index (χ0) is 14.8. The summed E-state index contributed by atoms with van der Waals surface area (Å²) in [6.07, 6.45) is 1.19. The molecule has 0 saturated heterocycles. The monoisotopic (exact) mass is 395 g/mol. The Kier molecular flexibility index (Phi) is 5.90. The lowest BCUT2D eigenvalue weighted by Crippen LogP contribution is -2.17. The first-order valence-corrected chi connectivity index (χ1v) is 10.6. The van der Waals surface area contributed by atoms with Gasteiger partial charge in [0.2, 0.25) is 0 Å². The first kappa shape index (κ1) is 17.4. The Balaban J connectivity index is 0.000000399. The summed E-state index contributed by atoms with van der Waals surface area (Å²) in [5.74, 6) is 0. The van der Waals surface area contributed by atoms with E-state index < -0.39 is 0 Å². The van der Waals surface area contributed by atoms with E-state index in [9.17, 15) is 0 Å². The van der Waals surface area contributed by atoms with Crippen molar-refractivity contribution >= 4 is 61.8 Å². The van der Waals surface area contributed by atoms with Gasteiger partial charge in [-0.1, -0.05) is 27.7 Å². The molecule has 0 amide bonds. The van der Waals surface area contributed by atoms with Gasteiger partial charge >= 0.3 is 0 Å². The topological polar surface area (TPSA) is 26.0 Å². The highest BCUT2D eigenvalue weighted by atomic mass is 79.9. The molecular formula is C13H18BrNS4. The molecular weight excluding hydrogens is 378 g/mol. The summed E-state index contributed by atoms with van der Waals surface area (Å²) in [6.45, 7) is 9.22. The Labute approximate surface area is 139 Å². The number of hydrogen-bond donors (Lipinski definition) is 1. The molecule has 1 aromatic carbocycles. The molecule has 19 heavy (non-hydrogen) atoms. The van der Waals surface area contributed by atoms with Crippen LogP contribution in [0.25, 0.3) is 0 Å². The van der Waals surface area contributed by atoms with Crippen LogP contribution in [0.4, 0.5) is 5.69 Å². The Hall–Kier alpha value is 0.380. The van der Waals surface area contributed by atoms with E-state index in [1.54, 1.807) is 0 Å². The first-order chi connectivity index (χ1) is 8.65. The van der Waals surface area contributed by atoms with Gasteiger partial charge in [-0.15, -0.1) is 0 Å². The van der Waals surface area contributed by atoms with Crippen LogP contribution in [0.1, 0.15) is 45.2 Å². The molecule has 1 nitrogen and oxygen atoms in total. The van der Waals surface area contributed by atoms with Crippen LogP contribution in [-0.4, -0.2) is 0 Å².